The van der Waals surface area contributed by atoms with E-state index in [1.54, 1.807) is 24.3 Å². The summed E-state index contributed by atoms with van der Waals surface area (Å²) in [4.78, 5) is 27.1. The molecule has 1 heterocycles. The van der Waals surface area contributed by atoms with Crippen molar-refractivity contribution in [2.24, 2.45) is 0 Å². The molecule has 0 N–H and O–H groups in total. The van der Waals surface area contributed by atoms with Crippen molar-refractivity contribution in [1.82, 2.24) is 4.31 Å². The van der Waals surface area contributed by atoms with Gasteiger partial charge in [0.05, 0.1) is 24.2 Å². The number of amides is 2. The van der Waals surface area contributed by atoms with E-state index in [1.165, 1.54) is 29.6 Å². The van der Waals surface area contributed by atoms with Crippen LogP contribution < -0.4 is 9.64 Å². The Morgan fingerprint density at radius 1 is 1.03 bits per heavy atom. The number of hydrogen-bond donors (Lipinski definition) is 0. The second-order valence-electron chi connectivity index (χ2n) is 7.83. The summed E-state index contributed by atoms with van der Waals surface area (Å²) in [5, 5.41) is 0.231. The van der Waals surface area contributed by atoms with Crippen LogP contribution in [0.2, 0.25) is 10.0 Å². The molecule has 0 bridgehead atoms. The Balaban J connectivity index is 1.75. The number of halogens is 2. The summed E-state index contributed by atoms with van der Waals surface area (Å²) in [5.74, 6) is -0.454. The number of rotatable bonds is 6. The van der Waals surface area contributed by atoms with Crippen molar-refractivity contribution in [3.8, 4) is 5.75 Å². The van der Waals surface area contributed by atoms with Gasteiger partial charge < -0.3 is 4.74 Å². The smallest absolute Gasteiger partial charge is 0.252 e. The number of imide groups is 1. The zero-order valence-electron chi connectivity index (χ0n) is 17.3. The molecule has 4 rings (SSSR count). The van der Waals surface area contributed by atoms with E-state index in [2.05, 4.69) is 0 Å². The monoisotopic (exact) mass is 496 g/mol. The highest BCUT2D eigenvalue weighted by Gasteiger charge is 2.50. The summed E-state index contributed by atoms with van der Waals surface area (Å²) in [7, 11) is -2.68. The molecule has 0 spiro atoms. The maximum atomic E-state index is 13.7. The van der Waals surface area contributed by atoms with Crippen LogP contribution >= 0.6 is 23.2 Å². The Morgan fingerprint density at radius 3 is 2.31 bits per heavy atom. The standard InChI is InChI=1S/C22H22Cl2N2O5S/c1-31-17-9-7-15(8-10-17)25-21(27)13-19(22(25)28)26(16-4-2-3-5-16)32(29,30)20-12-14(23)6-11-18(20)24/h6-12,16,19H,2-5,13H2,1H3. The molecule has 1 unspecified atom stereocenters. The largest absolute Gasteiger partial charge is 0.497 e. The van der Waals surface area contributed by atoms with E-state index in [0.717, 1.165) is 17.7 Å². The van der Waals surface area contributed by atoms with Gasteiger partial charge in [-0.25, -0.2) is 13.3 Å². The highest BCUT2D eigenvalue weighted by Crippen LogP contribution is 2.38. The Kier molecular flexibility index (Phi) is 6.49. The van der Waals surface area contributed by atoms with Crippen LogP contribution in [-0.4, -0.2) is 43.7 Å². The molecule has 1 saturated carbocycles. The van der Waals surface area contributed by atoms with Gasteiger partial charge in [0.15, 0.2) is 0 Å². The predicted octanol–water partition coefficient (Wildman–Crippen LogP) is 4.27. The first-order chi connectivity index (χ1) is 15.2. The van der Waals surface area contributed by atoms with Crippen molar-refractivity contribution in [3.05, 3.63) is 52.5 Å². The Bertz CT molecular complexity index is 1150. The molecule has 170 valence electrons. The summed E-state index contributed by atoms with van der Waals surface area (Å²) in [6, 6.07) is 9.12. The van der Waals surface area contributed by atoms with Crippen LogP contribution in [0, 0.1) is 0 Å². The molecular formula is C22H22Cl2N2O5S. The molecule has 1 aliphatic carbocycles. The quantitative estimate of drug-likeness (QED) is 0.557. The topological polar surface area (TPSA) is 84.0 Å². The fraction of sp³-hybridized carbons (Fsp3) is 0.364. The molecule has 32 heavy (non-hydrogen) atoms. The molecule has 7 nitrogen and oxygen atoms in total. The van der Waals surface area contributed by atoms with Crippen LogP contribution in [0.3, 0.4) is 0 Å². The van der Waals surface area contributed by atoms with Crippen molar-refractivity contribution in [1.29, 1.82) is 0 Å². The van der Waals surface area contributed by atoms with Gasteiger partial charge in [-0.05, 0) is 55.3 Å². The summed E-state index contributed by atoms with van der Waals surface area (Å²) < 4.78 is 33.8. The average Bonchev–Trinajstić information content (AvgIpc) is 3.38. The molecule has 2 fully saturated rings. The summed E-state index contributed by atoms with van der Waals surface area (Å²) >= 11 is 12.3. The lowest BCUT2D eigenvalue weighted by Gasteiger charge is -2.32. The Labute approximate surface area is 196 Å². The highest BCUT2D eigenvalue weighted by molar-refractivity contribution is 7.89. The summed E-state index contributed by atoms with van der Waals surface area (Å²) in [5.41, 5.74) is 0.368. The lowest BCUT2D eigenvalue weighted by molar-refractivity contribution is -0.122. The Morgan fingerprint density at radius 2 is 1.69 bits per heavy atom. The molecule has 1 aliphatic heterocycles. The number of carbonyl (C=O) groups is 2. The number of ether oxygens (including phenoxy) is 1. The maximum Gasteiger partial charge on any atom is 0.252 e. The number of nitrogens with zero attached hydrogens (tertiary/aromatic N) is 2. The van der Waals surface area contributed by atoms with Gasteiger partial charge in [0.2, 0.25) is 15.9 Å². The number of sulfonamides is 1. The van der Waals surface area contributed by atoms with Crippen molar-refractivity contribution < 1.29 is 22.7 Å². The van der Waals surface area contributed by atoms with Gasteiger partial charge >= 0.3 is 0 Å². The van der Waals surface area contributed by atoms with Crippen LogP contribution in [0.5, 0.6) is 5.75 Å². The van der Waals surface area contributed by atoms with Crippen LogP contribution in [0.15, 0.2) is 47.4 Å². The van der Waals surface area contributed by atoms with E-state index in [1.807, 2.05) is 0 Å². The number of anilines is 1. The molecule has 10 heteroatoms. The van der Waals surface area contributed by atoms with Crippen molar-refractivity contribution in [3.63, 3.8) is 0 Å². The molecule has 0 aromatic heterocycles. The molecule has 1 atom stereocenters. The van der Waals surface area contributed by atoms with E-state index in [4.69, 9.17) is 27.9 Å². The lowest BCUT2D eigenvalue weighted by Crippen LogP contribution is -2.49. The average molecular weight is 497 g/mol. The second-order valence-corrected chi connectivity index (χ2v) is 10.5. The van der Waals surface area contributed by atoms with Crippen molar-refractivity contribution in [2.45, 2.75) is 49.1 Å². The third-order valence-electron chi connectivity index (χ3n) is 5.89. The summed E-state index contributed by atoms with van der Waals surface area (Å²) in [6.45, 7) is 0. The zero-order valence-corrected chi connectivity index (χ0v) is 19.7. The zero-order chi connectivity index (χ0) is 23.0. The third kappa shape index (κ3) is 4.12. The van der Waals surface area contributed by atoms with Gasteiger partial charge in [-0.1, -0.05) is 36.0 Å². The van der Waals surface area contributed by atoms with Crippen LogP contribution in [-0.2, 0) is 19.6 Å². The molecule has 0 radical (unpaired) electrons. The molecule has 2 aromatic carbocycles. The minimum Gasteiger partial charge on any atom is -0.497 e. The number of carbonyl (C=O) groups excluding carboxylic acids is 2. The van der Waals surface area contributed by atoms with Crippen LogP contribution in [0.4, 0.5) is 5.69 Å². The first-order valence-corrected chi connectivity index (χ1v) is 12.4. The van der Waals surface area contributed by atoms with Gasteiger partial charge in [0, 0.05) is 11.1 Å². The van der Waals surface area contributed by atoms with Crippen molar-refractivity contribution in [2.75, 3.05) is 12.0 Å². The summed E-state index contributed by atoms with van der Waals surface area (Å²) in [6.07, 6.45) is 2.67. The van der Waals surface area contributed by atoms with Gasteiger partial charge in [-0.15, -0.1) is 0 Å². The SMILES string of the molecule is COc1ccc(N2C(=O)CC(N(C3CCCC3)S(=O)(=O)c3cc(Cl)ccc3Cl)C2=O)cc1. The maximum absolute atomic E-state index is 13.7. The number of hydrogen-bond acceptors (Lipinski definition) is 5. The fourth-order valence-electron chi connectivity index (χ4n) is 4.38. The van der Waals surface area contributed by atoms with E-state index < -0.39 is 33.9 Å². The van der Waals surface area contributed by atoms with Crippen LogP contribution in [0.25, 0.3) is 0 Å². The Hall–Kier alpha value is -2.13. The van der Waals surface area contributed by atoms with Crippen molar-refractivity contribution >= 4 is 50.7 Å². The minimum atomic E-state index is -4.20. The molecule has 1 saturated heterocycles. The number of benzene rings is 2. The second kappa shape index (κ2) is 9.02. The molecule has 2 aliphatic rings. The van der Waals surface area contributed by atoms with E-state index in [-0.39, 0.29) is 21.4 Å². The molecular weight excluding hydrogens is 475 g/mol. The van der Waals surface area contributed by atoms with Gasteiger partial charge in [0.25, 0.3) is 5.91 Å². The fourth-order valence-corrected chi connectivity index (χ4v) is 6.95. The molecule has 2 amide bonds. The van der Waals surface area contributed by atoms with E-state index >= 15 is 0 Å². The third-order valence-corrected chi connectivity index (χ3v) is 8.57. The van der Waals surface area contributed by atoms with E-state index in [9.17, 15) is 18.0 Å². The minimum absolute atomic E-state index is 0.0150. The van der Waals surface area contributed by atoms with Gasteiger partial charge in [-0.3, -0.25) is 9.59 Å². The normalized spacial score (nSPS) is 19.9. The predicted molar refractivity (Wildman–Crippen MR) is 122 cm³/mol. The lowest BCUT2D eigenvalue weighted by atomic mass is 10.2. The van der Waals surface area contributed by atoms with Gasteiger partial charge in [0.1, 0.15) is 16.7 Å². The first kappa shape index (κ1) is 23.0. The first-order valence-electron chi connectivity index (χ1n) is 10.2. The van der Waals surface area contributed by atoms with Crippen LogP contribution in [0.1, 0.15) is 32.1 Å². The van der Waals surface area contributed by atoms with Gasteiger partial charge in [-0.2, -0.15) is 4.31 Å². The number of methoxy groups -OCH3 is 1. The van der Waals surface area contributed by atoms with E-state index in [0.29, 0.717) is 24.3 Å². The molecule has 2 aromatic rings. The highest BCUT2D eigenvalue weighted by atomic mass is 35.5.